The topological polar surface area (TPSA) is 495 Å². The molecule has 2 aromatic carbocycles. The van der Waals surface area contributed by atoms with Gasteiger partial charge < -0.3 is 114 Å². The molecule has 34 heteroatoms. The number of aliphatic hydroxyl groups is 6. The molecule has 2 aromatic rings. The number of Topliss-reactive ketones (excluding diaryl/α,β-unsaturated/α-hetero) is 2. The minimum Gasteiger partial charge on any atom is -0.481 e. The van der Waals surface area contributed by atoms with Gasteiger partial charge in [0, 0.05) is 58.7 Å². The van der Waals surface area contributed by atoms with Crippen molar-refractivity contribution in [2.24, 2.45) is 11.1 Å². The summed E-state index contributed by atoms with van der Waals surface area (Å²) >= 11 is 0. The summed E-state index contributed by atoms with van der Waals surface area (Å²) in [6.07, 6.45) is -16.0. The van der Waals surface area contributed by atoms with Gasteiger partial charge in [0.2, 0.25) is 30.3 Å². The Labute approximate surface area is 546 Å². The molecular weight excluding hydrogens is 1270 g/mol. The highest BCUT2D eigenvalue weighted by molar-refractivity contribution is 5.99. The van der Waals surface area contributed by atoms with Crippen LogP contribution in [-0.2, 0) is 94.3 Å². The highest BCUT2D eigenvalue weighted by Gasteiger charge is 2.48. The fraction of sp³-hybridized carbons (Fsp3) is 0.623. The van der Waals surface area contributed by atoms with Crippen LogP contribution in [0.2, 0.25) is 0 Å². The lowest BCUT2D eigenvalue weighted by molar-refractivity contribution is -0.271. The number of unbranched alkanes of at least 4 members (excludes halogenated alkanes) is 1. The van der Waals surface area contributed by atoms with E-state index in [1.54, 1.807) is 13.8 Å². The second-order valence-electron chi connectivity index (χ2n) is 22.0. The third kappa shape index (κ3) is 29.3. The molecule has 0 radical (unpaired) electrons. The summed E-state index contributed by atoms with van der Waals surface area (Å²) in [5.41, 5.74) is 1.33. The van der Waals surface area contributed by atoms with Crippen LogP contribution in [0, 0.1) is 5.92 Å². The first-order valence-electron chi connectivity index (χ1n) is 30.5. The van der Waals surface area contributed by atoms with Gasteiger partial charge in [-0.25, -0.2) is 4.79 Å². The van der Waals surface area contributed by atoms with Crippen LogP contribution in [-0.4, -0.2) is 253 Å². The number of hydrogen-bond acceptors (Lipinski definition) is 28. The molecule has 2 aliphatic heterocycles. The minimum atomic E-state index is -1.99. The number of amides is 4. The van der Waals surface area contributed by atoms with Crippen molar-refractivity contribution >= 4 is 64.8 Å². The Morgan fingerprint density at radius 2 is 1.18 bits per heavy atom. The third-order valence-corrected chi connectivity index (χ3v) is 13.9. The van der Waals surface area contributed by atoms with Crippen molar-refractivity contribution in [1.29, 1.82) is 0 Å². The zero-order valence-corrected chi connectivity index (χ0v) is 53.2. The monoisotopic (exact) mass is 1350 g/mol. The van der Waals surface area contributed by atoms with Gasteiger partial charge in [-0.1, -0.05) is 17.3 Å². The Morgan fingerprint density at radius 1 is 0.589 bits per heavy atom. The zero-order chi connectivity index (χ0) is 70.0. The molecule has 2 aliphatic rings. The fourth-order valence-corrected chi connectivity index (χ4v) is 9.01. The lowest BCUT2D eigenvalue weighted by Crippen LogP contribution is -2.61. The molecule has 4 rings (SSSR count). The number of carbonyl (C=O) groups is 10. The van der Waals surface area contributed by atoms with E-state index in [1.165, 1.54) is 50.2 Å². The van der Waals surface area contributed by atoms with E-state index in [0.29, 0.717) is 23.3 Å². The van der Waals surface area contributed by atoms with Gasteiger partial charge in [-0.05, 0) is 81.3 Å². The molecule has 0 aromatic heterocycles. The molecule has 4 amide bonds. The van der Waals surface area contributed by atoms with E-state index in [1.807, 2.05) is 0 Å². The van der Waals surface area contributed by atoms with Crippen molar-refractivity contribution in [3.05, 3.63) is 58.7 Å². The van der Waals surface area contributed by atoms with Crippen LogP contribution in [0.25, 0.3) is 0 Å². The summed E-state index contributed by atoms with van der Waals surface area (Å²) in [5, 5.41) is 94.3. The number of nitrogens with zero attached hydrogens (tertiary/aromatic N) is 1. The summed E-state index contributed by atoms with van der Waals surface area (Å²) < 4.78 is 54.0. The van der Waals surface area contributed by atoms with Crippen LogP contribution >= 0.6 is 0 Å². The number of aliphatic carboxylic acids is 2. The molecule has 0 unspecified atom stereocenters. The van der Waals surface area contributed by atoms with E-state index >= 15 is 0 Å². The summed E-state index contributed by atoms with van der Waals surface area (Å²) in [7, 11) is 0. The Hall–Kier alpha value is -7.87. The number of ketones is 2. The van der Waals surface area contributed by atoms with Crippen molar-refractivity contribution in [2.45, 2.75) is 154 Å². The van der Waals surface area contributed by atoms with E-state index < -0.39 is 146 Å². The fourth-order valence-electron chi connectivity index (χ4n) is 9.01. The van der Waals surface area contributed by atoms with Gasteiger partial charge in [0.25, 0.3) is 5.91 Å². The predicted molar refractivity (Wildman–Crippen MR) is 323 cm³/mol. The first-order chi connectivity index (χ1) is 45.2. The van der Waals surface area contributed by atoms with Crippen molar-refractivity contribution in [3.63, 3.8) is 0 Å². The Bertz CT molecular complexity index is 2870. The molecular formula is C61H87N5O29. The number of oxime groups is 1. The maximum atomic E-state index is 13.9. The number of aliphatic hydroxyl groups excluding tert-OH is 6. The largest absolute Gasteiger partial charge is 0.481 e. The number of ether oxygens (including phenoxy) is 10. The van der Waals surface area contributed by atoms with Crippen LogP contribution in [0.15, 0.2) is 41.6 Å². The van der Waals surface area contributed by atoms with E-state index in [2.05, 4.69) is 26.4 Å². The second kappa shape index (κ2) is 42.5. The van der Waals surface area contributed by atoms with Crippen LogP contribution in [0.3, 0.4) is 0 Å². The standard InChI is InChI=1S/C61H87N5O29/c1-34(2)66-92-21-18-63-57(81)39(12-15-50(74)75)28-44(70)42(65-49(73)33-88-24-22-85-19-7-9-43(69)40-26-37(29-89-35(3)67)10-13-46(40)93-60-54(79)51(76)45(71)31-91-60)8-5-6-16-62-48(72)32-87-25-23-86-20-17-64-58(82)41-27-38(30-90-36(4)68)11-14-47(41)94-61-55(80)52(77)53(78)56(95-61)59(83)84/h10-11,13-14,26-27,39,42,45,51-56,60-61,71,76-80H,5-9,12,15-25,28-33H2,1-4H3,(H,62,72)(H,63,81)(H,64,82)(H,65,73)(H,74,75)(H,83,84)/t39-,42+,45+,51-,52-,53-,54+,55+,56-,60-,61+/m0/s1. The summed E-state index contributed by atoms with van der Waals surface area (Å²) in [6.45, 7) is 4.11. The van der Waals surface area contributed by atoms with Gasteiger partial charge in [0.05, 0.1) is 69.1 Å². The number of benzene rings is 2. The highest BCUT2D eigenvalue weighted by Crippen LogP contribution is 2.30. The summed E-state index contributed by atoms with van der Waals surface area (Å²) in [4.78, 5) is 131. The molecule has 0 aliphatic carbocycles. The van der Waals surface area contributed by atoms with Crippen molar-refractivity contribution in [1.82, 2.24) is 21.3 Å². The first-order valence-corrected chi connectivity index (χ1v) is 30.5. The second-order valence-corrected chi connectivity index (χ2v) is 22.0. The number of carboxylic acids is 2. The van der Waals surface area contributed by atoms with Crippen LogP contribution in [0.4, 0.5) is 0 Å². The van der Waals surface area contributed by atoms with E-state index in [0.717, 1.165) is 0 Å². The Kier molecular flexibility index (Phi) is 35.6. The molecule has 0 saturated carbocycles. The molecule has 0 spiro atoms. The van der Waals surface area contributed by atoms with Gasteiger partial charge in [-0.3, -0.25) is 43.2 Å². The number of hydrogen-bond donors (Lipinski definition) is 12. The minimum absolute atomic E-state index is 0.00126. The van der Waals surface area contributed by atoms with E-state index in [-0.39, 0.29) is 147 Å². The number of rotatable bonds is 45. The van der Waals surface area contributed by atoms with Gasteiger partial charge in [0.15, 0.2) is 17.7 Å². The number of carboxylic acid groups (broad SMARTS) is 2. The third-order valence-electron chi connectivity index (χ3n) is 13.9. The van der Waals surface area contributed by atoms with Gasteiger partial charge in [-0.2, -0.15) is 0 Å². The van der Waals surface area contributed by atoms with Crippen molar-refractivity contribution in [2.75, 3.05) is 85.7 Å². The van der Waals surface area contributed by atoms with E-state index in [9.17, 15) is 88.8 Å². The number of nitrogens with one attached hydrogen (secondary N) is 4. The molecule has 95 heavy (non-hydrogen) atoms. The Balaban J connectivity index is 1.23. The van der Waals surface area contributed by atoms with Crippen LogP contribution in [0.5, 0.6) is 11.5 Å². The lowest BCUT2D eigenvalue weighted by atomic mass is 9.91. The number of esters is 2. The molecule has 34 nitrogen and oxygen atoms in total. The maximum Gasteiger partial charge on any atom is 0.335 e. The average molecular weight is 1350 g/mol. The number of carbonyl (C=O) groups excluding carboxylic acids is 8. The SMILES string of the molecule is CC(=O)OCc1ccc(O[C@@H]2OC[C@@H](O)[C@H](O)[C@H]2O)c(C(=O)CCCOCCOCC(=O)N[C@H](CCCCNC(=O)COCCOCCNC(=O)c2cc(COC(C)=O)ccc2O[C@@H]2O[C@H](C(=O)O)[C@@H](O)[C@H](O)[C@H]2O)C(=O)C[C@H](CCC(=O)O)C(=O)NCCON=C(C)C)c1. The van der Waals surface area contributed by atoms with Crippen LogP contribution < -0.4 is 30.7 Å². The normalized spacial score (nSPS) is 20.5. The van der Waals surface area contributed by atoms with Crippen LogP contribution in [0.1, 0.15) is 111 Å². The highest BCUT2D eigenvalue weighted by atomic mass is 16.7. The lowest BCUT2D eigenvalue weighted by Gasteiger charge is -2.38. The van der Waals surface area contributed by atoms with E-state index in [4.69, 9.17) is 52.2 Å². The van der Waals surface area contributed by atoms with Crippen molar-refractivity contribution < 1.29 is 141 Å². The maximum absolute atomic E-state index is 13.9. The Morgan fingerprint density at radius 3 is 1.81 bits per heavy atom. The predicted octanol–water partition coefficient (Wildman–Crippen LogP) is -1.90. The van der Waals surface area contributed by atoms with Gasteiger partial charge in [-0.15, -0.1) is 0 Å². The summed E-state index contributed by atoms with van der Waals surface area (Å²) in [5.74, 6) is -8.87. The smallest absolute Gasteiger partial charge is 0.335 e. The molecule has 11 atom stereocenters. The van der Waals surface area contributed by atoms with Crippen molar-refractivity contribution in [3.8, 4) is 11.5 Å². The summed E-state index contributed by atoms with van der Waals surface area (Å²) in [6, 6.07) is 7.23. The van der Waals surface area contributed by atoms with Gasteiger partial charge in [0.1, 0.15) is 81.2 Å². The first kappa shape index (κ1) is 79.6. The quantitative estimate of drug-likeness (QED) is 0.0113. The van der Waals surface area contributed by atoms with Gasteiger partial charge >= 0.3 is 23.9 Å². The average Bonchev–Trinajstić information content (AvgIpc) is 0.817. The molecule has 12 N–H and O–H groups in total. The molecule has 530 valence electrons. The molecule has 2 saturated heterocycles. The molecule has 2 fully saturated rings. The molecule has 0 bridgehead atoms. The zero-order valence-electron chi connectivity index (χ0n) is 53.2. The molecule has 2 heterocycles.